The number of amides is 1. The maximum Gasteiger partial charge on any atom is 0.286 e. The number of nitrogens with zero attached hydrogens (tertiary/aromatic N) is 2. The number of amidine groups is 1. The van der Waals surface area contributed by atoms with Gasteiger partial charge in [0.1, 0.15) is 0 Å². The van der Waals surface area contributed by atoms with Crippen LogP contribution in [-0.4, -0.2) is 29.1 Å². The first-order chi connectivity index (χ1) is 9.76. The van der Waals surface area contributed by atoms with Gasteiger partial charge in [-0.3, -0.25) is 4.79 Å². The van der Waals surface area contributed by atoms with Gasteiger partial charge in [-0.1, -0.05) is 31.2 Å². The predicted octanol–water partition coefficient (Wildman–Crippen LogP) is 3.32. The molecule has 0 bridgehead atoms. The van der Waals surface area contributed by atoms with E-state index in [4.69, 9.17) is 0 Å². The van der Waals surface area contributed by atoms with Crippen LogP contribution in [0, 0.1) is 0 Å². The van der Waals surface area contributed by atoms with E-state index >= 15 is 0 Å². The van der Waals surface area contributed by atoms with Crippen LogP contribution < -0.4 is 0 Å². The van der Waals surface area contributed by atoms with Gasteiger partial charge in [-0.15, -0.1) is 0 Å². The Morgan fingerprint density at radius 3 is 2.60 bits per heavy atom. The first-order valence-electron chi connectivity index (χ1n) is 7.13. The number of hydrogen-bond acceptors (Lipinski definition) is 3. The van der Waals surface area contributed by atoms with Gasteiger partial charge >= 0.3 is 0 Å². The summed E-state index contributed by atoms with van der Waals surface area (Å²) in [5, 5.41) is 0.879. The second-order valence-corrected chi connectivity index (χ2v) is 6.11. The maximum absolute atomic E-state index is 12.0. The molecule has 104 valence electrons. The molecule has 3 rings (SSSR count). The van der Waals surface area contributed by atoms with E-state index in [-0.39, 0.29) is 5.91 Å². The lowest BCUT2D eigenvalue weighted by Gasteiger charge is -2.14. The van der Waals surface area contributed by atoms with Crippen molar-refractivity contribution in [1.82, 2.24) is 4.90 Å². The lowest BCUT2D eigenvalue weighted by atomic mass is 10.1. The molecule has 0 atom stereocenters. The van der Waals surface area contributed by atoms with Crippen molar-refractivity contribution in [2.75, 3.05) is 13.1 Å². The van der Waals surface area contributed by atoms with E-state index in [2.05, 4.69) is 41.1 Å². The molecule has 0 N–H and O–H groups in total. The van der Waals surface area contributed by atoms with E-state index < -0.39 is 0 Å². The zero-order valence-electron chi connectivity index (χ0n) is 11.6. The molecule has 0 unspecified atom stereocenters. The monoisotopic (exact) mass is 286 g/mol. The quantitative estimate of drug-likeness (QED) is 0.782. The van der Waals surface area contributed by atoms with Crippen LogP contribution in [-0.2, 0) is 11.2 Å². The Kier molecular flexibility index (Phi) is 3.92. The summed E-state index contributed by atoms with van der Waals surface area (Å²) in [5.74, 6) is -0.100. The number of likely N-dealkylation sites (tertiary alicyclic amines) is 1. The standard InChI is InChI=1S/C16H18N2OS/c1-2-12-5-7-13(8-6-12)11-14-15(19)17-16(20-14)18-9-3-4-10-18/h5-8,11H,2-4,9-10H2,1H3. The molecule has 1 aromatic carbocycles. The van der Waals surface area contributed by atoms with E-state index in [9.17, 15) is 4.79 Å². The molecule has 1 aromatic rings. The van der Waals surface area contributed by atoms with Gasteiger partial charge in [0, 0.05) is 13.1 Å². The van der Waals surface area contributed by atoms with Crippen LogP contribution in [0.2, 0.25) is 0 Å². The Morgan fingerprint density at radius 2 is 1.95 bits per heavy atom. The summed E-state index contributed by atoms with van der Waals surface area (Å²) < 4.78 is 0. The molecule has 2 aliphatic rings. The zero-order chi connectivity index (χ0) is 13.9. The van der Waals surface area contributed by atoms with Crippen molar-refractivity contribution in [2.24, 2.45) is 4.99 Å². The van der Waals surface area contributed by atoms with E-state index in [0.29, 0.717) is 0 Å². The van der Waals surface area contributed by atoms with Gasteiger partial charge in [0.05, 0.1) is 4.91 Å². The molecule has 0 radical (unpaired) electrons. The van der Waals surface area contributed by atoms with Crippen LogP contribution in [0.4, 0.5) is 0 Å². The summed E-state index contributed by atoms with van der Waals surface area (Å²) in [7, 11) is 0. The molecule has 1 saturated heterocycles. The minimum Gasteiger partial charge on any atom is -0.351 e. The Hall–Kier alpha value is -1.55. The van der Waals surface area contributed by atoms with Gasteiger partial charge in [-0.05, 0) is 48.2 Å². The van der Waals surface area contributed by atoms with Crippen molar-refractivity contribution in [3.05, 3.63) is 40.3 Å². The summed E-state index contributed by atoms with van der Waals surface area (Å²) >= 11 is 1.51. The smallest absolute Gasteiger partial charge is 0.286 e. The largest absolute Gasteiger partial charge is 0.351 e. The summed E-state index contributed by atoms with van der Waals surface area (Å²) in [4.78, 5) is 19.1. The summed E-state index contributed by atoms with van der Waals surface area (Å²) in [6.07, 6.45) is 5.38. The van der Waals surface area contributed by atoms with Crippen LogP contribution in [0.3, 0.4) is 0 Å². The van der Waals surface area contributed by atoms with Crippen LogP contribution >= 0.6 is 11.8 Å². The average molecular weight is 286 g/mol. The van der Waals surface area contributed by atoms with Gasteiger partial charge in [-0.25, -0.2) is 0 Å². The Balaban J connectivity index is 1.74. The van der Waals surface area contributed by atoms with Crippen molar-refractivity contribution in [3.8, 4) is 0 Å². The predicted molar refractivity (Wildman–Crippen MR) is 84.6 cm³/mol. The van der Waals surface area contributed by atoms with Crippen LogP contribution in [0.5, 0.6) is 0 Å². The van der Waals surface area contributed by atoms with Crippen molar-refractivity contribution < 1.29 is 4.79 Å². The van der Waals surface area contributed by atoms with Gasteiger partial charge in [-0.2, -0.15) is 4.99 Å². The zero-order valence-corrected chi connectivity index (χ0v) is 12.4. The molecule has 2 aliphatic heterocycles. The van der Waals surface area contributed by atoms with Crippen LogP contribution in [0.1, 0.15) is 30.9 Å². The average Bonchev–Trinajstić information content (AvgIpc) is 3.10. The first kappa shape index (κ1) is 13.4. The molecule has 0 aromatic heterocycles. The van der Waals surface area contributed by atoms with E-state index in [1.165, 1.54) is 30.2 Å². The molecule has 4 heteroatoms. The molecule has 20 heavy (non-hydrogen) atoms. The minimum absolute atomic E-state index is 0.100. The van der Waals surface area contributed by atoms with Crippen LogP contribution in [0.15, 0.2) is 34.2 Å². The lowest BCUT2D eigenvalue weighted by molar-refractivity contribution is -0.113. The molecule has 1 fully saturated rings. The first-order valence-corrected chi connectivity index (χ1v) is 7.94. The van der Waals surface area contributed by atoms with Crippen LogP contribution in [0.25, 0.3) is 6.08 Å². The van der Waals surface area contributed by atoms with E-state index in [1.54, 1.807) is 0 Å². The van der Waals surface area contributed by atoms with Gasteiger partial charge in [0.25, 0.3) is 5.91 Å². The van der Waals surface area contributed by atoms with Crippen molar-refractivity contribution in [2.45, 2.75) is 26.2 Å². The molecule has 3 nitrogen and oxygen atoms in total. The molecule has 0 saturated carbocycles. The third-order valence-electron chi connectivity index (χ3n) is 3.67. The fourth-order valence-electron chi connectivity index (χ4n) is 2.44. The Labute approximate surface area is 123 Å². The molecular weight excluding hydrogens is 268 g/mol. The van der Waals surface area contributed by atoms with Crippen molar-refractivity contribution in [3.63, 3.8) is 0 Å². The normalized spacial score (nSPS) is 20.9. The summed E-state index contributed by atoms with van der Waals surface area (Å²) in [6, 6.07) is 8.35. The number of carbonyl (C=O) groups is 1. The van der Waals surface area contributed by atoms with Gasteiger partial charge < -0.3 is 4.90 Å². The van der Waals surface area contributed by atoms with E-state index in [0.717, 1.165) is 35.1 Å². The summed E-state index contributed by atoms with van der Waals surface area (Å²) in [6.45, 7) is 4.19. The minimum atomic E-state index is -0.100. The number of benzene rings is 1. The number of carbonyl (C=O) groups excluding carboxylic acids is 1. The number of hydrogen-bond donors (Lipinski definition) is 0. The summed E-state index contributed by atoms with van der Waals surface area (Å²) in [5.41, 5.74) is 2.38. The Bertz CT molecular complexity index is 569. The Morgan fingerprint density at radius 1 is 1.25 bits per heavy atom. The fourth-order valence-corrected chi connectivity index (χ4v) is 3.41. The third kappa shape index (κ3) is 2.80. The molecule has 1 amide bonds. The molecular formula is C16H18N2OS. The number of aliphatic imine (C=N–C) groups is 1. The third-order valence-corrected chi connectivity index (χ3v) is 4.72. The van der Waals surface area contributed by atoms with Gasteiger partial charge in [0.15, 0.2) is 5.17 Å². The topological polar surface area (TPSA) is 32.7 Å². The molecule has 2 heterocycles. The SMILES string of the molecule is CCc1ccc(C=C2SC(N3CCCC3)=NC2=O)cc1. The maximum atomic E-state index is 12.0. The van der Waals surface area contributed by atoms with Crippen molar-refractivity contribution in [1.29, 1.82) is 0 Å². The number of thioether (sulfide) groups is 1. The highest BCUT2D eigenvalue weighted by Crippen LogP contribution is 2.31. The highest BCUT2D eigenvalue weighted by molar-refractivity contribution is 8.18. The molecule has 0 spiro atoms. The second kappa shape index (κ2) is 5.83. The highest BCUT2D eigenvalue weighted by atomic mass is 32.2. The van der Waals surface area contributed by atoms with Crippen molar-refractivity contribution >= 4 is 28.9 Å². The number of aryl methyl sites for hydroxylation is 1. The molecule has 0 aliphatic carbocycles. The second-order valence-electron chi connectivity index (χ2n) is 5.10. The highest BCUT2D eigenvalue weighted by Gasteiger charge is 2.27. The van der Waals surface area contributed by atoms with Gasteiger partial charge in [0.2, 0.25) is 0 Å². The fraction of sp³-hybridized carbons (Fsp3) is 0.375. The van der Waals surface area contributed by atoms with E-state index in [1.807, 2.05) is 6.08 Å². The number of rotatable bonds is 2. The lowest BCUT2D eigenvalue weighted by Crippen LogP contribution is -2.23.